The quantitative estimate of drug-likeness (QED) is 0.756. The van der Waals surface area contributed by atoms with Crippen molar-refractivity contribution < 1.29 is 4.79 Å². The molecule has 0 aliphatic heterocycles. The molecule has 1 aromatic carbocycles. The van der Waals surface area contributed by atoms with Crippen molar-refractivity contribution in [3.8, 4) is 0 Å². The van der Waals surface area contributed by atoms with Crippen molar-refractivity contribution in [3.05, 3.63) is 33.8 Å². The molecular weight excluding hydrogens is 281 g/mol. The van der Waals surface area contributed by atoms with Gasteiger partial charge in [0.15, 0.2) is 5.78 Å². The zero-order valence-corrected chi connectivity index (χ0v) is 12.8. The van der Waals surface area contributed by atoms with Gasteiger partial charge in [0.05, 0.1) is 11.1 Å². The molecule has 104 valence electrons. The first kappa shape index (κ1) is 14.8. The fourth-order valence-electron chi connectivity index (χ4n) is 2.36. The highest BCUT2D eigenvalue weighted by atomic mass is 35.5. The predicted molar refractivity (Wildman–Crippen MR) is 80.2 cm³/mol. The monoisotopic (exact) mass is 299 g/mol. The van der Waals surface area contributed by atoms with E-state index >= 15 is 0 Å². The number of nitrogens with zero attached hydrogens (tertiary/aromatic N) is 1. The van der Waals surface area contributed by atoms with Crippen LogP contribution in [0.25, 0.3) is 0 Å². The second kappa shape index (κ2) is 6.25. The molecule has 1 fully saturated rings. The van der Waals surface area contributed by atoms with Crippen molar-refractivity contribution >= 4 is 29.0 Å². The summed E-state index contributed by atoms with van der Waals surface area (Å²) in [5.41, 5.74) is 0.555. The Bertz CT molecular complexity index is 471. The average molecular weight is 300 g/mol. The molecule has 1 aliphatic carbocycles. The first-order valence-corrected chi connectivity index (χ1v) is 7.44. The molecule has 4 heteroatoms. The summed E-state index contributed by atoms with van der Waals surface area (Å²) >= 11 is 11.9. The predicted octanol–water partition coefficient (Wildman–Crippen LogP) is 4.30. The molecule has 0 saturated heterocycles. The smallest absolute Gasteiger partial charge is 0.181 e. The Morgan fingerprint density at radius 1 is 1.42 bits per heavy atom. The first-order chi connectivity index (χ1) is 8.99. The Balaban J connectivity index is 2.04. The minimum Gasteiger partial charge on any atom is -0.296 e. The standard InChI is InChI=1S/C15H19Cl2NO/c1-10(18(2)9-11-4-3-5-11)15(19)13-7-6-12(16)8-14(13)17/h6-8,10-11H,3-5,9H2,1-2H3. The highest BCUT2D eigenvalue weighted by Crippen LogP contribution is 2.28. The summed E-state index contributed by atoms with van der Waals surface area (Å²) in [5.74, 6) is 0.810. The van der Waals surface area contributed by atoms with Crippen LogP contribution in [0.4, 0.5) is 0 Å². The van der Waals surface area contributed by atoms with Crippen LogP contribution >= 0.6 is 23.2 Å². The van der Waals surface area contributed by atoms with Gasteiger partial charge in [-0.25, -0.2) is 0 Å². The van der Waals surface area contributed by atoms with E-state index < -0.39 is 0 Å². The molecule has 2 nitrogen and oxygen atoms in total. The number of Topliss-reactive ketones (excluding diaryl/α,β-unsaturated/α-hetero) is 1. The van der Waals surface area contributed by atoms with Gasteiger partial charge >= 0.3 is 0 Å². The maximum Gasteiger partial charge on any atom is 0.181 e. The summed E-state index contributed by atoms with van der Waals surface area (Å²) in [7, 11) is 2.00. The molecule has 1 unspecified atom stereocenters. The number of rotatable bonds is 5. The van der Waals surface area contributed by atoms with Crippen LogP contribution in [0.5, 0.6) is 0 Å². The maximum atomic E-state index is 12.4. The van der Waals surface area contributed by atoms with Crippen LogP contribution < -0.4 is 0 Å². The molecule has 0 heterocycles. The van der Waals surface area contributed by atoms with Gasteiger partial charge in [-0.05, 0) is 50.9 Å². The molecule has 1 aromatic rings. The lowest BCUT2D eigenvalue weighted by molar-refractivity contribution is 0.0828. The van der Waals surface area contributed by atoms with Gasteiger partial charge in [-0.15, -0.1) is 0 Å². The van der Waals surface area contributed by atoms with E-state index in [1.54, 1.807) is 18.2 Å². The van der Waals surface area contributed by atoms with Gasteiger partial charge in [0.1, 0.15) is 0 Å². The number of carbonyl (C=O) groups excluding carboxylic acids is 1. The van der Waals surface area contributed by atoms with Crippen LogP contribution in [-0.2, 0) is 0 Å². The van der Waals surface area contributed by atoms with Crippen LogP contribution in [0.1, 0.15) is 36.5 Å². The van der Waals surface area contributed by atoms with Gasteiger partial charge in [0.25, 0.3) is 0 Å². The Morgan fingerprint density at radius 2 is 2.11 bits per heavy atom. The Kier molecular flexibility index (Phi) is 4.88. The third-order valence-corrected chi connectivity index (χ3v) is 4.56. The van der Waals surface area contributed by atoms with E-state index in [4.69, 9.17) is 23.2 Å². The number of halogens is 2. The van der Waals surface area contributed by atoms with Crippen LogP contribution in [0.15, 0.2) is 18.2 Å². The van der Waals surface area contributed by atoms with E-state index in [1.807, 2.05) is 14.0 Å². The first-order valence-electron chi connectivity index (χ1n) is 6.68. The summed E-state index contributed by atoms with van der Waals surface area (Å²) in [6, 6.07) is 4.88. The Morgan fingerprint density at radius 3 is 2.63 bits per heavy atom. The van der Waals surface area contributed by atoms with Crippen LogP contribution in [0.3, 0.4) is 0 Å². The normalized spacial score (nSPS) is 17.3. The van der Waals surface area contributed by atoms with Crippen molar-refractivity contribution in [2.24, 2.45) is 5.92 Å². The number of likely N-dealkylation sites (N-methyl/N-ethyl adjacent to an activating group) is 1. The van der Waals surface area contributed by atoms with E-state index in [0.717, 1.165) is 12.5 Å². The van der Waals surface area contributed by atoms with Gasteiger partial charge in [-0.2, -0.15) is 0 Å². The lowest BCUT2D eigenvalue weighted by atomic mass is 9.85. The molecular formula is C15H19Cl2NO. The van der Waals surface area contributed by atoms with E-state index in [1.165, 1.54) is 19.3 Å². The van der Waals surface area contributed by atoms with Gasteiger partial charge < -0.3 is 0 Å². The van der Waals surface area contributed by atoms with Crippen molar-refractivity contribution in [1.29, 1.82) is 0 Å². The van der Waals surface area contributed by atoms with Gasteiger partial charge in [-0.1, -0.05) is 29.6 Å². The van der Waals surface area contributed by atoms with Crippen molar-refractivity contribution in [3.63, 3.8) is 0 Å². The van der Waals surface area contributed by atoms with E-state index in [0.29, 0.717) is 15.6 Å². The molecule has 2 rings (SSSR count). The molecule has 1 saturated carbocycles. The topological polar surface area (TPSA) is 20.3 Å². The second-order valence-electron chi connectivity index (χ2n) is 5.40. The van der Waals surface area contributed by atoms with E-state index in [2.05, 4.69) is 4.90 Å². The van der Waals surface area contributed by atoms with E-state index in [9.17, 15) is 4.79 Å². The zero-order chi connectivity index (χ0) is 14.0. The lowest BCUT2D eigenvalue weighted by Crippen LogP contribution is -2.40. The van der Waals surface area contributed by atoms with Crippen molar-refractivity contribution in [2.75, 3.05) is 13.6 Å². The largest absolute Gasteiger partial charge is 0.296 e. The molecule has 0 spiro atoms. The van der Waals surface area contributed by atoms with Gasteiger partial charge in [0, 0.05) is 17.1 Å². The molecule has 1 atom stereocenters. The number of hydrogen-bond acceptors (Lipinski definition) is 2. The van der Waals surface area contributed by atoms with Crippen molar-refractivity contribution in [1.82, 2.24) is 4.90 Å². The highest BCUT2D eigenvalue weighted by molar-refractivity contribution is 6.37. The summed E-state index contributed by atoms with van der Waals surface area (Å²) in [5, 5.41) is 0.985. The third-order valence-electron chi connectivity index (χ3n) is 4.01. The minimum atomic E-state index is -0.153. The third kappa shape index (κ3) is 3.50. The maximum absolute atomic E-state index is 12.4. The average Bonchev–Trinajstić information content (AvgIpc) is 2.32. The molecule has 0 N–H and O–H groups in total. The molecule has 1 aliphatic rings. The zero-order valence-electron chi connectivity index (χ0n) is 11.3. The van der Waals surface area contributed by atoms with E-state index in [-0.39, 0.29) is 11.8 Å². The molecule has 0 radical (unpaired) electrons. The van der Waals surface area contributed by atoms with Gasteiger partial charge in [0.2, 0.25) is 0 Å². The minimum absolute atomic E-state index is 0.0588. The number of ketones is 1. The number of carbonyl (C=O) groups is 1. The number of benzene rings is 1. The summed E-state index contributed by atoms with van der Waals surface area (Å²) in [4.78, 5) is 14.6. The number of hydrogen-bond donors (Lipinski definition) is 0. The highest BCUT2D eigenvalue weighted by Gasteiger charge is 2.26. The second-order valence-corrected chi connectivity index (χ2v) is 6.24. The molecule has 19 heavy (non-hydrogen) atoms. The lowest BCUT2D eigenvalue weighted by Gasteiger charge is -2.32. The summed E-state index contributed by atoms with van der Waals surface area (Å²) in [6.45, 7) is 2.92. The van der Waals surface area contributed by atoms with Gasteiger partial charge in [-0.3, -0.25) is 9.69 Å². The molecule has 0 amide bonds. The molecule has 0 aromatic heterocycles. The van der Waals surface area contributed by atoms with Crippen LogP contribution in [-0.4, -0.2) is 30.3 Å². The van der Waals surface area contributed by atoms with Crippen LogP contribution in [0.2, 0.25) is 10.0 Å². The fourth-order valence-corrected chi connectivity index (χ4v) is 2.86. The molecule has 0 bridgehead atoms. The SMILES string of the molecule is CC(C(=O)c1ccc(Cl)cc1Cl)N(C)CC1CCC1. The Labute approximate surface area is 124 Å². The summed E-state index contributed by atoms with van der Waals surface area (Å²) in [6.07, 6.45) is 3.89. The Hall–Kier alpha value is -0.570. The fraction of sp³-hybridized carbons (Fsp3) is 0.533. The van der Waals surface area contributed by atoms with Crippen molar-refractivity contribution in [2.45, 2.75) is 32.2 Å². The van der Waals surface area contributed by atoms with Crippen LogP contribution in [0, 0.1) is 5.92 Å². The summed E-state index contributed by atoms with van der Waals surface area (Å²) < 4.78 is 0.